The third kappa shape index (κ3) is 14.9. The van der Waals surface area contributed by atoms with Crippen molar-refractivity contribution >= 4 is 17.7 Å². The van der Waals surface area contributed by atoms with Gasteiger partial charge >= 0.3 is 5.97 Å². The van der Waals surface area contributed by atoms with Gasteiger partial charge in [0.05, 0.1) is 48.1 Å². The van der Waals surface area contributed by atoms with Gasteiger partial charge in [-0.1, -0.05) is 32.9 Å². The van der Waals surface area contributed by atoms with Gasteiger partial charge in [-0.2, -0.15) is 0 Å². The second-order valence-electron chi connectivity index (χ2n) is 22.2. The average Bonchev–Trinajstić information content (AvgIpc) is 3.83. The third-order valence-electron chi connectivity index (χ3n) is 16.2. The number of methoxy groups -OCH3 is 2. The molecule has 0 aromatic heterocycles. The van der Waals surface area contributed by atoms with Crippen LogP contribution in [-0.4, -0.2) is 208 Å². The summed E-state index contributed by atoms with van der Waals surface area (Å²) >= 11 is 1.53. The number of aliphatic hydroxyl groups excluding tert-OH is 4. The zero-order valence-corrected chi connectivity index (χ0v) is 47.2. The quantitative estimate of drug-likeness (QED) is 0.0774. The first-order valence-corrected chi connectivity index (χ1v) is 27.5. The van der Waals surface area contributed by atoms with Gasteiger partial charge in [0.1, 0.15) is 48.8 Å². The van der Waals surface area contributed by atoms with Crippen molar-refractivity contribution in [3.8, 4) is 0 Å². The molecule has 20 atom stereocenters. The summed E-state index contributed by atoms with van der Waals surface area (Å²) in [5.74, 6) is -2.29. The summed E-state index contributed by atoms with van der Waals surface area (Å²) in [4.78, 5) is 19.4. The largest absolute Gasteiger partial charge is 0.459 e. The second-order valence-corrected chi connectivity index (χ2v) is 23.4. The molecule has 1 aromatic rings. The van der Waals surface area contributed by atoms with Crippen LogP contribution in [-0.2, 0) is 38.0 Å². The summed E-state index contributed by atoms with van der Waals surface area (Å²) in [7, 11) is 6.78. The number of carbonyl (C=O) groups is 1. The van der Waals surface area contributed by atoms with E-state index in [2.05, 4.69) is 11.0 Å². The Morgan fingerprint density at radius 1 is 0.986 bits per heavy atom. The number of halogens is 1. The molecule has 5 rings (SSSR count). The van der Waals surface area contributed by atoms with E-state index in [1.807, 2.05) is 68.2 Å². The number of aliphatic hydroxyl groups is 6. The highest BCUT2D eigenvalue weighted by molar-refractivity contribution is 7.99. The van der Waals surface area contributed by atoms with Crippen molar-refractivity contribution in [2.45, 2.75) is 209 Å². The van der Waals surface area contributed by atoms with Gasteiger partial charge in [0, 0.05) is 80.7 Å². The minimum atomic E-state index is -1.85. The molecule has 0 radical (unpaired) electrons. The highest BCUT2D eigenvalue weighted by atomic mass is 32.2. The summed E-state index contributed by atoms with van der Waals surface area (Å²) < 4.78 is 59.0. The van der Waals surface area contributed by atoms with Crippen LogP contribution >= 0.6 is 11.8 Å². The number of benzene rings is 1. The number of alkyl halides is 1. The Morgan fingerprint density at radius 3 is 2.27 bits per heavy atom. The lowest BCUT2D eigenvalue weighted by Gasteiger charge is -2.49. The fourth-order valence-electron chi connectivity index (χ4n) is 11.5. The predicted molar refractivity (Wildman–Crippen MR) is 278 cm³/mol. The topological polar surface area (TPSA) is 237 Å². The SMILES string of the molecule is CC[C@H]1OC(=O)[C@H](C)[C@@H](O[C@H]2C[C@@](C)(OC)[C@@H](O)[C@H](C)O2)[C@H](C)[C@@H](O[C@@H]2O[C@H](C)C[C@H](N(C)CCC3=CN([C@H](CF)[C@H](OC)c4ccc(SCCO)cc4)NN3)C2O)[C@](C)(O)C[C@@H](C)CN(C)[C@H](C)[C@@H](O)[C@]1(C)O. The molecule has 19 nitrogen and oxygen atoms in total. The van der Waals surface area contributed by atoms with E-state index < -0.39 is 127 Å². The number of rotatable bonds is 18. The molecule has 1 unspecified atom stereocenters. The van der Waals surface area contributed by atoms with Crippen LogP contribution in [0.5, 0.6) is 0 Å². The van der Waals surface area contributed by atoms with E-state index in [0.717, 1.165) is 16.2 Å². The number of thioether (sulfide) groups is 1. The fraction of sp³-hybridized carbons (Fsp3) is 0.830. The molecular formula is C53H92FN5O14S. The normalized spacial score (nSPS) is 40.2. The minimum Gasteiger partial charge on any atom is -0.459 e. The van der Waals surface area contributed by atoms with Crippen molar-refractivity contribution < 1.29 is 73.0 Å². The van der Waals surface area contributed by atoms with E-state index in [0.29, 0.717) is 31.7 Å². The average molecular weight is 1070 g/mol. The molecule has 21 heteroatoms. The highest BCUT2D eigenvalue weighted by Crippen LogP contribution is 2.41. The third-order valence-corrected chi connectivity index (χ3v) is 17.2. The van der Waals surface area contributed by atoms with E-state index in [1.165, 1.54) is 25.8 Å². The molecule has 0 bridgehead atoms. The van der Waals surface area contributed by atoms with Gasteiger partial charge in [-0.05, 0) is 105 Å². The summed E-state index contributed by atoms with van der Waals surface area (Å²) in [5.41, 5.74) is 3.26. The van der Waals surface area contributed by atoms with Gasteiger partial charge in [0.25, 0.3) is 0 Å². The van der Waals surface area contributed by atoms with Crippen molar-refractivity contribution in [1.82, 2.24) is 25.8 Å². The summed E-state index contributed by atoms with van der Waals surface area (Å²) in [6.07, 6.45) is -7.65. The highest BCUT2D eigenvalue weighted by Gasteiger charge is 2.53. The molecule has 0 saturated carbocycles. The van der Waals surface area contributed by atoms with Crippen molar-refractivity contribution in [3.63, 3.8) is 0 Å². The molecule has 0 aliphatic carbocycles. The Hall–Kier alpha value is -2.29. The van der Waals surface area contributed by atoms with Gasteiger partial charge in [-0.15, -0.1) is 17.3 Å². The molecule has 3 fully saturated rings. The van der Waals surface area contributed by atoms with Crippen LogP contribution in [0.15, 0.2) is 41.1 Å². The first-order chi connectivity index (χ1) is 34.8. The number of likely N-dealkylation sites (N-methyl/N-ethyl adjacent to an activating group) is 2. The standard InChI is InChI=1S/C53H92FN5O14S/c1-15-41-53(10,66)46(62)34(6)58(12)28-30(2)25-51(8,65)48(32(4)44(33(5)49(64)71-41)72-42-26-52(9,68-14)47(63)35(7)70-42)73-50-43(61)39(24-31(3)69-50)57(11)21-20-37-29-59(56-55-37)40(27-54)45(67-13)36-16-18-38(19-17-36)74-23-22-60/h16-19,29-35,39-48,50,55-56,60-63,65-66H,15,20-28H2,1-14H3/t30-,31-,32+,33-,34-,35+,39+,40-,41-,42+,43?,44+,45-,46-,47+,48-,50+,51-,52-,53-/m1/s1. The minimum absolute atomic E-state index is 0.0705. The van der Waals surface area contributed by atoms with E-state index in [9.17, 15) is 39.8 Å². The Labute approximate surface area is 443 Å². The maximum absolute atomic E-state index is 14.8. The summed E-state index contributed by atoms with van der Waals surface area (Å²) in [5, 5.41) is 70.7. The molecule has 1 aromatic carbocycles. The summed E-state index contributed by atoms with van der Waals surface area (Å²) in [6.45, 7) is 17.7. The molecule has 0 spiro atoms. The van der Waals surface area contributed by atoms with Crippen molar-refractivity contribution in [3.05, 3.63) is 41.7 Å². The molecule has 426 valence electrons. The first kappa shape index (κ1) is 62.6. The van der Waals surface area contributed by atoms with Gasteiger partial charge in [-0.3, -0.25) is 9.80 Å². The number of ether oxygens (including phenoxy) is 7. The monoisotopic (exact) mass is 1070 g/mol. The predicted octanol–water partition coefficient (Wildman–Crippen LogP) is 3.64. The molecule has 3 saturated heterocycles. The smallest absolute Gasteiger partial charge is 0.311 e. The van der Waals surface area contributed by atoms with E-state index in [4.69, 9.17) is 33.2 Å². The van der Waals surface area contributed by atoms with Crippen molar-refractivity contribution in [1.29, 1.82) is 0 Å². The Morgan fingerprint density at radius 2 is 1.66 bits per heavy atom. The fourth-order valence-corrected chi connectivity index (χ4v) is 12.2. The van der Waals surface area contributed by atoms with Gasteiger partial charge < -0.3 is 79.0 Å². The molecule has 8 N–H and O–H groups in total. The van der Waals surface area contributed by atoms with Crippen LogP contribution in [0.4, 0.5) is 4.39 Å². The Kier molecular flexibility index (Phi) is 22.9. The second kappa shape index (κ2) is 27.0. The Balaban J connectivity index is 1.42. The van der Waals surface area contributed by atoms with Gasteiger partial charge in [-0.25, -0.2) is 4.39 Å². The lowest BCUT2D eigenvalue weighted by molar-refractivity contribution is -0.318. The zero-order chi connectivity index (χ0) is 55.0. The maximum atomic E-state index is 14.8. The van der Waals surface area contributed by atoms with Gasteiger partial charge in [0.2, 0.25) is 0 Å². The number of cyclic esters (lactones) is 1. The maximum Gasteiger partial charge on any atom is 0.311 e. The number of carbonyl (C=O) groups excluding carboxylic acids is 1. The van der Waals surface area contributed by atoms with Crippen LogP contribution in [0.2, 0.25) is 0 Å². The number of nitrogens with one attached hydrogen (secondary N) is 2. The van der Waals surface area contributed by atoms with Crippen LogP contribution < -0.4 is 11.0 Å². The molecule has 74 heavy (non-hydrogen) atoms. The van der Waals surface area contributed by atoms with Crippen LogP contribution in [0.1, 0.15) is 113 Å². The Bertz CT molecular complexity index is 1930. The molecular weight excluding hydrogens is 982 g/mol. The zero-order valence-electron chi connectivity index (χ0n) is 46.3. The van der Waals surface area contributed by atoms with E-state index >= 15 is 0 Å². The number of esters is 1. The first-order valence-electron chi connectivity index (χ1n) is 26.5. The van der Waals surface area contributed by atoms with Crippen LogP contribution in [0.25, 0.3) is 0 Å². The number of hydrogen-bond acceptors (Lipinski definition) is 20. The van der Waals surface area contributed by atoms with Crippen molar-refractivity contribution in [2.24, 2.45) is 17.8 Å². The van der Waals surface area contributed by atoms with Crippen LogP contribution in [0.3, 0.4) is 0 Å². The molecule has 4 heterocycles. The summed E-state index contributed by atoms with van der Waals surface area (Å²) in [6, 6.07) is 5.92. The molecule has 4 aliphatic rings. The molecule has 0 amide bonds. The van der Waals surface area contributed by atoms with E-state index in [-0.39, 0.29) is 31.8 Å². The molecule has 4 aliphatic heterocycles. The van der Waals surface area contributed by atoms with Crippen molar-refractivity contribution in [2.75, 3.05) is 60.4 Å². The lowest BCUT2D eigenvalue weighted by Crippen LogP contribution is -2.61. The lowest BCUT2D eigenvalue weighted by atomic mass is 9.77. The number of hydrogen-bond donors (Lipinski definition) is 8. The number of nitrogens with zero attached hydrogens (tertiary/aromatic N) is 3. The van der Waals surface area contributed by atoms with Crippen LogP contribution in [0, 0.1) is 17.8 Å². The van der Waals surface area contributed by atoms with E-state index in [1.54, 1.807) is 60.6 Å². The number of hydrazine groups is 2. The van der Waals surface area contributed by atoms with Gasteiger partial charge in [0.15, 0.2) is 12.6 Å².